The number of nitrogens with zero attached hydrogens (tertiary/aromatic N) is 1. The molecule has 0 aromatic heterocycles. The van der Waals surface area contributed by atoms with Crippen molar-refractivity contribution in [2.24, 2.45) is 0 Å². The number of benzene rings is 3. The smallest absolute Gasteiger partial charge is 0.416 e. The van der Waals surface area contributed by atoms with Gasteiger partial charge in [-0.2, -0.15) is 13.2 Å². The monoisotopic (exact) mass is 452 g/mol. The highest BCUT2D eigenvalue weighted by Crippen LogP contribution is 2.46. The van der Waals surface area contributed by atoms with Gasteiger partial charge in [0.25, 0.3) is 6.35 Å². The third-order valence-electron chi connectivity index (χ3n) is 4.25. The van der Waals surface area contributed by atoms with Gasteiger partial charge in [0.1, 0.15) is 11.6 Å². The van der Waals surface area contributed by atoms with Crippen molar-refractivity contribution in [3.8, 4) is 5.75 Å². The first-order valence-electron chi connectivity index (χ1n) is 8.27. The first kappa shape index (κ1) is 18.6. The molecule has 1 heterocycles. The summed E-state index contributed by atoms with van der Waals surface area (Å²) in [5.74, 6) is -0.369. The number of rotatable bonds is 3. The standard InChI is InChI=1S/C20H13BrF4N2O/c21-13-7-8-16(15(22)11-13)27-17-10-12(20(23,24)25)6-9-18(17)28-19(27)26-14-4-2-1-3-5-14/h1-11,19,26H. The van der Waals surface area contributed by atoms with Gasteiger partial charge in [-0.15, -0.1) is 0 Å². The molecule has 8 heteroatoms. The van der Waals surface area contributed by atoms with Crippen molar-refractivity contribution in [3.63, 3.8) is 0 Å². The molecular formula is C20H13BrF4N2O. The fourth-order valence-electron chi connectivity index (χ4n) is 2.98. The Morgan fingerprint density at radius 2 is 1.68 bits per heavy atom. The maximum atomic E-state index is 14.7. The SMILES string of the molecule is Fc1cc(Br)ccc1N1c2cc(C(F)(F)F)ccc2OC1Nc1ccccc1. The van der Waals surface area contributed by atoms with Gasteiger partial charge in [0, 0.05) is 10.2 Å². The van der Waals surface area contributed by atoms with Gasteiger partial charge in [0.05, 0.1) is 16.9 Å². The van der Waals surface area contributed by atoms with Crippen LogP contribution in [0.1, 0.15) is 5.56 Å². The molecule has 3 aromatic carbocycles. The van der Waals surface area contributed by atoms with Crippen molar-refractivity contribution >= 4 is 33.0 Å². The summed E-state index contributed by atoms with van der Waals surface area (Å²) in [6.45, 7) is 0. The molecule has 0 aliphatic carbocycles. The van der Waals surface area contributed by atoms with Crippen LogP contribution in [0.25, 0.3) is 0 Å². The molecule has 3 aromatic rings. The Bertz CT molecular complexity index is 1010. The predicted octanol–water partition coefficient (Wildman–Crippen LogP) is 6.53. The normalized spacial score (nSPS) is 15.9. The largest absolute Gasteiger partial charge is 0.450 e. The van der Waals surface area contributed by atoms with Gasteiger partial charge in [0.2, 0.25) is 0 Å². The van der Waals surface area contributed by atoms with Gasteiger partial charge in [-0.3, -0.25) is 4.90 Å². The van der Waals surface area contributed by atoms with Gasteiger partial charge in [-0.1, -0.05) is 34.1 Å². The van der Waals surface area contributed by atoms with E-state index >= 15 is 0 Å². The van der Waals surface area contributed by atoms with Crippen LogP contribution in [-0.4, -0.2) is 6.35 Å². The summed E-state index contributed by atoms with van der Waals surface area (Å²) >= 11 is 3.19. The molecule has 0 fully saturated rings. The van der Waals surface area contributed by atoms with Crippen molar-refractivity contribution in [3.05, 3.63) is 82.6 Å². The molecule has 1 aliphatic rings. The number of ether oxygens (including phenoxy) is 1. The summed E-state index contributed by atoms with van der Waals surface area (Å²) in [6.07, 6.45) is -5.44. The Morgan fingerprint density at radius 1 is 0.929 bits per heavy atom. The number of para-hydroxylation sites is 1. The summed E-state index contributed by atoms with van der Waals surface area (Å²) in [4.78, 5) is 1.37. The molecule has 1 N–H and O–H groups in total. The number of fused-ring (bicyclic) bond motifs is 1. The van der Waals surface area contributed by atoms with Gasteiger partial charge in [-0.25, -0.2) is 4.39 Å². The van der Waals surface area contributed by atoms with Crippen LogP contribution in [-0.2, 0) is 6.18 Å². The van der Waals surface area contributed by atoms with Crippen molar-refractivity contribution in [1.82, 2.24) is 0 Å². The van der Waals surface area contributed by atoms with Gasteiger partial charge in [0.15, 0.2) is 0 Å². The molecule has 144 valence electrons. The molecule has 1 aliphatic heterocycles. The number of anilines is 3. The van der Waals surface area contributed by atoms with E-state index in [4.69, 9.17) is 4.74 Å². The Hall–Kier alpha value is -2.74. The van der Waals surface area contributed by atoms with Crippen molar-refractivity contribution in [1.29, 1.82) is 0 Å². The molecule has 0 saturated heterocycles. The minimum atomic E-state index is -4.52. The van der Waals surface area contributed by atoms with E-state index in [9.17, 15) is 17.6 Å². The third-order valence-corrected chi connectivity index (χ3v) is 4.75. The van der Waals surface area contributed by atoms with Gasteiger partial charge in [-0.05, 0) is 48.5 Å². The predicted molar refractivity (Wildman–Crippen MR) is 102 cm³/mol. The van der Waals surface area contributed by atoms with E-state index in [0.717, 1.165) is 12.1 Å². The molecule has 0 amide bonds. The second kappa shape index (κ2) is 7.01. The zero-order valence-corrected chi connectivity index (χ0v) is 15.8. The lowest BCUT2D eigenvalue weighted by molar-refractivity contribution is -0.137. The average Bonchev–Trinajstić information content (AvgIpc) is 2.99. The van der Waals surface area contributed by atoms with Crippen LogP contribution in [0.3, 0.4) is 0 Å². The van der Waals surface area contributed by atoms with Crippen LogP contribution in [0, 0.1) is 5.82 Å². The highest BCUT2D eigenvalue weighted by molar-refractivity contribution is 9.10. The molecule has 0 saturated carbocycles. The minimum absolute atomic E-state index is 0.0923. The van der Waals surface area contributed by atoms with E-state index in [1.54, 1.807) is 30.3 Å². The van der Waals surface area contributed by atoms with Crippen LogP contribution in [0.15, 0.2) is 71.2 Å². The topological polar surface area (TPSA) is 24.5 Å². The first-order valence-corrected chi connectivity index (χ1v) is 9.06. The Kier molecular flexibility index (Phi) is 4.66. The Labute approximate surface area is 166 Å². The molecule has 1 atom stereocenters. The molecule has 0 radical (unpaired) electrons. The van der Waals surface area contributed by atoms with Gasteiger partial charge >= 0.3 is 6.18 Å². The summed E-state index contributed by atoms with van der Waals surface area (Å²) < 4.78 is 60.6. The summed E-state index contributed by atoms with van der Waals surface area (Å²) in [6, 6.07) is 16.5. The Balaban J connectivity index is 1.81. The summed E-state index contributed by atoms with van der Waals surface area (Å²) in [5, 5.41) is 3.08. The number of hydrogen-bond acceptors (Lipinski definition) is 3. The maximum Gasteiger partial charge on any atom is 0.416 e. The first-order chi connectivity index (χ1) is 13.3. The second-order valence-electron chi connectivity index (χ2n) is 6.13. The zero-order valence-electron chi connectivity index (χ0n) is 14.2. The van der Waals surface area contributed by atoms with E-state index in [2.05, 4.69) is 21.2 Å². The van der Waals surface area contributed by atoms with Crippen LogP contribution in [0.4, 0.5) is 34.6 Å². The van der Waals surface area contributed by atoms with Crippen LogP contribution < -0.4 is 15.0 Å². The second-order valence-corrected chi connectivity index (χ2v) is 7.04. The van der Waals surface area contributed by atoms with Crippen LogP contribution in [0.5, 0.6) is 5.75 Å². The van der Waals surface area contributed by atoms with E-state index in [0.29, 0.717) is 10.2 Å². The van der Waals surface area contributed by atoms with Crippen LogP contribution in [0.2, 0.25) is 0 Å². The maximum absolute atomic E-state index is 14.7. The van der Waals surface area contributed by atoms with Gasteiger partial charge < -0.3 is 10.1 Å². The molecule has 3 nitrogen and oxygen atoms in total. The fraction of sp³-hybridized carbons (Fsp3) is 0.100. The zero-order chi connectivity index (χ0) is 19.9. The quantitative estimate of drug-likeness (QED) is 0.457. The molecule has 1 unspecified atom stereocenters. The molecule has 0 bridgehead atoms. The highest BCUT2D eigenvalue weighted by Gasteiger charge is 2.38. The number of hydrogen-bond donors (Lipinski definition) is 1. The molecule has 28 heavy (non-hydrogen) atoms. The third kappa shape index (κ3) is 3.52. The lowest BCUT2D eigenvalue weighted by atomic mass is 10.1. The summed E-state index contributed by atoms with van der Waals surface area (Å²) in [7, 11) is 0. The van der Waals surface area contributed by atoms with Crippen LogP contribution >= 0.6 is 15.9 Å². The fourth-order valence-corrected chi connectivity index (χ4v) is 3.32. The van der Waals surface area contributed by atoms with E-state index in [-0.39, 0.29) is 17.1 Å². The van der Waals surface area contributed by atoms with E-state index in [1.165, 1.54) is 23.1 Å². The number of halogens is 5. The Morgan fingerprint density at radius 3 is 2.36 bits per heavy atom. The summed E-state index contributed by atoms with van der Waals surface area (Å²) in [5.41, 5.74) is 0.0655. The van der Waals surface area contributed by atoms with Crippen molar-refractivity contribution < 1.29 is 22.3 Å². The van der Waals surface area contributed by atoms with E-state index < -0.39 is 23.9 Å². The minimum Gasteiger partial charge on any atom is -0.450 e. The molecular weight excluding hydrogens is 440 g/mol. The molecule has 0 spiro atoms. The number of nitrogens with one attached hydrogen (secondary N) is 1. The average molecular weight is 453 g/mol. The number of alkyl halides is 3. The lowest BCUT2D eigenvalue weighted by Gasteiger charge is -2.27. The highest BCUT2D eigenvalue weighted by atomic mass is 79.9. The van der Waals surface area contributed by atoms with Crippen molar-refractivity contribution in [2.45, 2.75) is 12.5 Å². The van der Waals surface area contributed by atoms with Crippen molar-refractivity contribution in [2.75, 3.05) is 10.2 Å². The molecule has 4 rings (SSSR count). The lowest BCUT2D eigenvalue weighted by Crippen LogP contribution is -2.38. The van der Waals surface area contributed by atoms with E-state index in [1.807, 2.05) is 6.07 Å².